The van der Waals surface area contributed by atoms with E-state index in [9.17, 15) is 4.79 Å². The highest BCUT2D eigenvalue weighted by atomic mass is 16.6. The highest BCUT2D eigenvalue weighted by Crippen LogP contribution is 2.51. The van der Waals surface area contributed by atoms with E-state index in [1.165, 1.54) is 32.3 Å². The Morgan fingerprint density at radius 3 is 2.33 bits per heavy atom. The predicted octanol–water partition coefficient (Wildman–Crippen LogP) is 3.10. The van der Waals surface area contributed by atoms with Crippen LogP contribution in [0.15, 0.2) is 30.3 Å². The molecule has 2 atom stereocenters. The number of hydrogen-bond donors (Lipinski definition) is 0. The Bertz CT molecular complexity index is 513. The van der Waals surface area contributed by atoms with E-state index in [0.717, 1.165) is 6.42 Å². The second-order valence-corrected chi connectivity index (χ2v) is 6.15. The summed E-state index contributed by atoms with van der Waals surface area (Å²) < 4.78 is 10.6. The summed E-state index contributed by atoms with van der Waals surface area (Å²) in [4.78, 5) is 15.5. The number of benzene rings is 1. The van der Waals surface area contributed by atoms with Crippen LogP contribution in [-0.4, -0.2) is 61.8 Å². The standard InChI is InChI=1S/C13H15NO3.C6H15N/c1-16-12(15)14-8-7-13(11(9-14)17-13)10-5-3-2-4-6-10;1-4-7(5-2)6-3/h2-6,11H,7-9H2,1H3;4-6H2,1-3H3. The van der Waals surface area contributed by atoms with Crippen LogP contribution in [0.4, 0.5) is 4.79 Å². The molecule has 0 spiro atoms. The van der Waals surface area contributed by atoms with Gasteiger partial charge in [0.1, 0.15) is 11.7 Å². The third kappa shape index (κ3) is 4.08. The van der Waals surface area contributed by atoms with Crippen molar-refractivity contribution in [2.24, 2.45) is 0 Å². The molecule has 24 heavy (non-hydrogen) atoms. The molecule has 0 aliphatic carbocycles. The van der Waals surface area contributed by atoms with E-state index in [1.807, 2.05) is 18.2 Å². The second kappa shape index (κ2) is 8.49. The Balaban J connectivity index is 0.000000256. The Morgan fingerprint density at radius 1 is 1.25 bits per heavy atom. The minimum absolute atomic E-state index is 0.123. The van der Waals surface area contributed by atoms with Crippen molar-refractivity contribution < 1.29 is 14.3 Å². The molecule has 2 aliphatic heterocycles. The smallest absolute Gasteiger partial charge is 0.409 e. The number of methoxy groups -OCH3 is 1. The zero-order valence-corrected chi connectivity index (χ0v) is 15.3. The van der Waals surface area contributed by atoms with E-state index >= 15 is 0 Å². The molecule has 2 aliphatic rings. The van der Waals surface area contributed by atoms with Crippen molar-refractivity contribution in [2.75, 3.05) is 39.8 Å². The molecular weight excluding hydrogens is 304 g/mol. The van der Waals surface area contributed by atoms with Crippen molar-refractivity contribution in [1.29, 1.82) is 0 Å². The zero-order chi connectivity index (χ0) is 17.6. The van der Waals surface area contributed by atoms with Crippen molar-refractivity contribution >= 4 is 6.09 Å². The molecule has 1 amide bonds. The van der Waals surface area contributed by atoms with E-state index in [4.69, 9.17) is 9.47 Å². The fraction of sp³-hybridized carbons (Fsp3) is 0.632. The molecule has 3 rings (SSSR count). The fourth-order valence-corrected chi connectivity index (χ4v) is 3.30. The van der Waals surface area contributed by atoms with E-state index in [2.05, 4.69) is 37.8 Å². The van der Waals surface area contributed by atoms with Gasteiger partial charge in [-0.05, 0) is 25.2 Å². The Labute approximate surface area is 145 Å². The summed E-state index contributed by atoms with van der Waals surface area (Å²) in [5.41, 5.74) is 1.07. The first kappa shape index (κ1) is 18.7. The van der Waals surface area contributed by atoms with Gasteiger partial charge in [-0.2, -0.15) is 0 Å². The van der Waals surface area contributed by atoms with Gasteiger partial charge in [0.2, 0.25) is 0 Å². The lowest BCUT2D eigenvalue weighted by atomic mass is 9.89. The summed E-state index contributed by atoms with van der Waals surface area (Å²) in [7, 11) is 1.41. The third-order valence-corrected chi connectivity index (χ3v) is 4.99. The van der Waals surface area contributed by atoms with Crippen LogP contribution in [0.3, 0.4) is 0 Å². The normalized spacial score (nSPS) is 24.7. The van der Waals surface area contributed by atoms with Crippen molar-refractivity contribution in [2.45, 2.75) is 38.9 Å². The van der Waals surface area contributed by atoms with Gasteiger partial charge in [0, 0.05) is 13.0 Å². The molecule has 2 unspecified atom stereocenters. The largest absolute Gasteiger partial charge is 0.453 e. The van der Waals surface area contributed by atoms with Gasteiger partial charge in [0.15, 0.2) is 0 Å². The number of hydrogen-bond acceptors (Lipinski definition) is 4. The number of epoxide rings is 1. The molecule has 5 nitrogen and oxygen atoms in total. The Hall–Kier alpha value is -1.59. The molecule has 0 saturated carbocycles. The second-order valence-electron chi connectivity index (χ2n) is 6.15. The number of rotatable bonds is 4. The lowest BCUT2D eigenvalue weighted by molar-refractivity contribution is 0.115. The predicted molar refractivity (Wildman–Crippen MR) is 95.1 cm³/mol. The Kier molecular flexibility index (Phi) is 6.63. The van der Waals surface area contributed by atoms with Gasteiger partial charge in [0.05, 0.1) is 13.7 Å². The van der Waals surface area contributed by atoms with Crippen LogP contribution in [0, 0.1) is 0 Å². The average Bonchev–Trinajstić information content (AvgIpc) is 3.39. The summed E-state index contributed by atoms with van der Waals surface area (Å²) >= 11 is 0. The highest BCUT2D eigenvalue weighted by molar-refractivity contribution is 5.67. The van der Waals surface area contributed by atoms with Crippen molar-refractivity contribution in [3.8, 4) is 0 Å². The van der Waals surface area contributed by atoms with Crippen LogP contribution in [0.25, 0.3) is 0 Å². The van der Waals surface area contributed by atoms with Crippen LogP contribution in [0.5, 0.6) is 0 Å². The quantitative estimate of drug-likeness (QED) is 0.794. The number of carbonyl (C=O) groups is 1. The number of likely N-dealkylation sites (tertiary alicyclic amines) is 1. The molecule has 0 N–H and O–H groups in total. The van der Waals surface area contributed by atoms with Gasteiger partial charge in [-0.15, -0.1) is 0 Å². The van der Waals surface area contributed by atoms with Gasteiger partial charge in [-0.25, -0.2) is 4.79 Å². The fourth-order valence-electron chi connectivity index (χ4n) is 3.30. The van der Waals surface area contributed by atoms with Crippen LogP contribution in [-0.2, 0) is 15.1 Å². The van der Waals surface area contributed by atoms with Crippen LogP contribution < -0.4 is 0 Å². The maximum atomic E-state index is 11.4. The highest BCUT2D eigenvalue weighted by Gasteiger charge is 2.60. The van der Waals surface area contributed by atoms with Gasteiger partial charge in [-0.1, -0.05) is 51.1 Å². The van der Waals surface area contributed by atoms with E-state index in [1.54, 1.807) is 4.90 Å². The molecule has 2 heterocycles. The van der Waals surface area contributed by atoms with Crippen molar-refractivity contribution in [3.63, 3.8) is 0 Å². The lowest BCUT2D eigenvalue weighted by Crippen LogP contribution is -2.42. The van der Waals surface area contributed by atoms with Gasteiger partial charge >= 0.3 is 6.09 Å². The lowest BCUT2D eigenvalue weighted by Gasteiger charge is -2.27. The number of carbonyl (C=O) groups excluding carboxylic acids is 1. The molecule has 0 aromatic heterocycles. The maximum Gasteiger partial charge on any atom is 0.409 e. The number of piperidine rings is 1. The van der Waals surface area contributed by atoms with Crippen LogP contribution in [0.2, 0.25) is 0 Å². The van der Waals surface area contributed by atoms with Gasteiger partial charge in [0.25, 0.3) is 0 Å². The summed E-state index contributed by atoms with van der Waals surface area (Å²) in [6.45, 7) is 11.4. The number of amides is 1. The summed E-state index contributed by atoms with van der Waals surface area (Å²) in [6.07, 6.45) is 0.705. The molecule has 0 bridgehead atoms. The molecule has 5 heteroatoms. The average molecular weight is 334 g/mol. The maximum absolute atomic E-state index is 11.4. The molecule has 2 saturated heterocycles. The first-order valence-corrected chi connectivity index (χ1v) is 8.89. The van der Waals surface area contributed by atoms with E-state index in [0.29, 0.717) is 13.1 Å². The molecule has 2 fully saturated rings. The van der Waals surface area contributed by atoms with E-state index in [-0.39, 0.29) is 17.8 Å². The molecule has 1 aromatic carbocycles. The molecule has 134 valence electrons. The van der Waals surface area contributed by atoms with Crippen LogP contribution in [0.1, 0.15) is 32.8 Å². The first-order chi connectivity index (χ1) is 11.6. The molecule has 1 aromatic rings. The summed E-state index contributed by atoms with van der Waals surface area (Å²) in [5.74, 6) is 0. The summed E-state index contributed by atoms with van der Waals surface area (Å²) in [5, 5.41) is 0. The number of ether oxygens (including phenoxy) is 2. The third-order valence-electron chi connectivity index (χ3n) is 4.99. The van der Waals surface area contributed by atoms with E-state index < -0.39 is 0 Å². The number of nitrogens with zero attached hydrogens (tertiary/aromatic N) is 2. The van der Waals surface area contributed by atoms with Crippen molar-refractivity contribution in [1.82, 2.24) is 9.80 Å². The Morgan fingerprint density at radius 2 is 1.88 bits per heavy atom. The zero-order valence-electron chi connectivity index (χ0n) is 15.3. The minimum Gasteiger partial charge on any atom is -0.453 e. The number of fused-ring (bicyclic) bond motifs is 1. The summed E-state index contributed by atoms with van der Waals surface area (Å²) in [6, 6.07) is 10.2. The molecular formula is C19H30N2O3. The van der Waals surface area contributed by atoms with Crippen molar-refractivity contribution in [3.05, 3.63) is 35.9 Å². The monoisotopic (exact) mass is 334 g/mol. The first-order valence-electron chi connectivity index (χ1n) is 8.89. The SMILES string of the molecule is CCN(CC)CC.COC(=O)N1CCC2(c3ccccc3)OC2C1. The van der Waals surface area contributed by atoms with Gasteiger partial charge < -0.3 is 19.3 Å². The van der Waals surface area contributed by atoms with Gasteiger partial charge in [-0.3, -0.25) is 0 Å². The van der Waals surface area contributed by atoms with Crippen LogP contribution >= 0.6 is 0 Å². The topological polar surface area (TPSA) is 45.3 Å². The minimum atomic E-state index is -0.262. The molecule has 0 radical (unpaired) electrons.